The first kappa shape index (κ1) is 17.9. The number of ether oxygens (including phenoxy) is 3. The summed E-state index contributed by atoms with van der Waals surface area (Å²) in [6, 6.07) is 3.41. The fraction of sp³-hybridized carbons (Fsp3) is 0.500. The summed E-state index contributed by atoms with van der Waals surface area (Å²) in [5.74, 6) is -0.499. The third-order valence-corrected chi connectivity index (χ3v) is 3.27. The lowest BCUT2D eigenvalue weighted by Crippen LogP contribution is -2.17. The largest absolute Gasteiger partial charge is 0.398 e. The second-order valence-electron chi connectivity index (χ2n) is 4.35. The number of primary amides is 1. The molecule has 0 saturated heterocycles. The Balaban J connectivity index is 2.40. The molecule has 0 heterocycles. The van der Waals surface area contributed by atoms with Crippen molar-refractivity contribution in [2.45, 2.75) is 6.42 Å². The molecule has 21 heavy (non-hydrogen) atoms. The number of hydrogen-bond donors (Lipinski definition) is 2. The maximum atomic E-state index is 11.4. The first-order chi connectivity index (χ1) is 10.1. The highest BCUT2D eigenvalue weighted by molar-refractivity contribution is 9.10. The molecular formula is C14H21BrN2O4. The molecule has 0 radical (unpaired) electrons. The van der Waals surface area contributed by atoms with Crippen molar-refractivity contribution in [2.24, 2.45) is 5.73 Å². The Labute approximate surface area is 132 Å². The zero-order chi connectivity index (χ0) is 15.7. The van der Waals surface area contributed by atoms with E-state index in [4.69, 9.17) is 25.7 Å². The van der Waals surface area contributed by atoms with Gasteiger partial charge in [0.05, 0.1) is 33.0 Å². The number of nitrogen functional groups attached to an aromatic ring is 1. The smallest absolute Gasteiger partial charge is 0.249 e. The molecule has 7 heteroatoms. The van der Waals surface area contributed by atoms with Gasteiger partial charge in [0.15, 0.2) is 0 Å². The first-order valence-corrected chi connectivity index (χ1v) is 7.37. The molecule has 0 aromatic heterocycles. The van der Waals surface area contributed by atoms with Crippen LogP contribution < -0.4 is 11.5 Å². The van der Waals surface area contributed by atoms with Gasteiger partial charge in [0, 0.05) is 22.8 Å². The number of halogens is 1. The predicted molar refractivity (Wildman–Crippen MR) is 84.3 cm³/mol. The van der Waals surface area contributed by atoms with E-state index in [9.17, 15) is 4.79 Å². The Morgan fingerprint density at radius 1 is 1.14 bits per heavy atom. The Bertz CT molecular complexity index is 469. The van der Waals surface area contributed by atoms with E-state index >= 15 is 0 Å². The molecular weight excluding hydrogens is 340 g/mol. The van der Waals surface area contributed by atoms with E-state index in [1.54, 1.807) is 19.2 Å². The Hall–Kier alpha value is -1.15. The molecule has 1 aromatic rings. The van der Waals surface area contributed by atoms with Crippen molar-refractivity contribution in [3.63, 3.8) is 0 Å². The van der Waals surface area contributed by atoms with Crippen molar-refractivity contribution in [3.05, 3.63) is 27.7 Å². The molecule has 0 spiro atoms. The molecule has 0 bridgehead atoms. The summed E-state index contributed by atoms with van der Waals surface area (Å²) in [4.78, 5) is 11.4. The van der Waals surface area contributed by atoms with Gasteiger partial charge < -0.3 is 25.7 Å². The average Bonchev–Trinajstić information content (AvgIpc) is 2.43. The summed E-state index contributed by atoms with van der Waals surface area (Å²) in [6.45, 7) is 2.54. The number of hydrogen-bond acceptors (Lipinski definition) is 5. The van der Waals surface area contributed by atoms with Gasteiger partial charge in [-0.05, 0) is 24.1 Å². The minimum Gasteiger partial charge on any atom is -0.398 e. The van der Waals surface area contributed by atoms with Crippen LogP contribution in [0.5, 0.6) is 0 Å². The van der Waals surface area contributed by atoms with Crippen LogP contribution in [-0.2, 0) is 20.6 Å². The predicted octanol–water partition coefficient (Wildman–Crippen LogP) is 1.35. The molecule has 1 aromatic carbocycles. The second kappa shape index (κ2) is 9.73. The number of amides is 1. The number of anilines is 1. The zero-order valence-electron chi connectivity index (χ0n) is 12.1. The van der Waals surface area contributed by atoms with E-state index < -0.39 is 5.91 Å². The van der Waals surface area contributed by atoms with Gasteiger partial charge in [-0.15, -0.1) is 0 Å². The number of benzene rings is 1. The first-order valence-electron chi connectivity index (χ1n) is 6.58. The average molecular weight is 361 g/mol. The van der Waals surface area contributed by atoms with E-state index in [0.29, 0.717) is 56.3 Å². The molecule has 1 rings (SSSR count). The van der Waals surface area contributed by atoms with Crippen molar-refractivity contribution < 1.29 is 19.0 Å². The van der Waals surface area contributed by atoms with Gasteiger partial charge in [0.2, 0.25) is 5.91 Å². The summed E-state index contributed by atoms with van der Waals surface area (Å²) in [7, 11) is 1.62. The molecule has 0 saturated carbocycles. The van der Waals surface area contributed by atoms with Gasteiger partial charge in [-0.2, -0.15) is 0 Å². The van der Waals surface area contributed by atoms with E-state index in [0.717, 1.165) is 4.47 Å². The molecule has 0 fully saturated rings. The third kappa shape index (κ3) is 6.43. The highest BCUT2D eigenvalue weighted by Crippen LogP contribution is 2.24. The number of carbonyl (C=O) groups excluding carboxylic acids is 1. The summed E-state index contributed by atoms with van der Waals surface area (Å²) in [5.41, 5.74) is 12.9. The fourth-order valence-electron chi connectivity index (χ4n) is 1.80. The molecule has 0 aliphatic rings. The van der Waals surface area contributed by atoms with Crippen molar-refractivity contribution in [1.29, 1.82) is 0 Å². The molecule has 0 aliphatic carbocycles. The maximum Gasteiger partial charge on any atom is 0.249 e. The summed E-state index contributed by atoms with van der Waals surface area (Å²) >= 11 is 3.29. The normalized spacial score (nSPS) is 10.8. The van der Waals surface area contributed by atoms with E-state index in [-0.39, 0.29) is 0 Å². The van der Waals surface area contributed by atoms with Crippen molar-refractivity contribution in [3.8, 4) is 0 Å². The highest BCUT2D eigenvalue weighted by atomic mass is 79.9. The Morgan fingerprint density at radius 2 is 1.76 bits per heavy atom. The number of rotatable bonds is 10. The van der Waals surface area contributed by atoms with Crippen LogP contribution in [-0.4, -0.2) is 46.1 Å². The zero-order valence-corrected chi connectivity index (χ0v) is 13.6. The maximum absolute atomic E-state index is 11.4. The molecule has 1 amide bonds. The van der Waals surface area contributed by atoms with Crippen LogP contribution in [0.2, 0.25) is 0 Å². The molecule has 4 N–H and O–H groups in total. The van der Waals surface area contributed by atoms with Crippen LogP contribution >= 0.6 is 15.9 Å². The fourth-order valence-corrected chi connectivity index (χ4v) is 2.27. The topological polar surface area (TPSA) is 96.8 Å². The highest BCUT2D eigenvalue weighted by Gasteiger charge is 2.12. The van der Waals surface area contributed by atoms with Crippen LogP contribution in [0.3, 0.4) is 0 Å². The monoisotopic (exact) mass is 360 g/mol. The van der Waals surface area contributed by atoms with Gasteiger partial charge >= 0.3 is 0 Å². The van der Waals surface area contributed by atoms with Crippen LogP contribution in [0.25, 0.3) is 0 Å². The minimum atomic E-state index is -0.499. The van der Waals surface area contributed by atoms with Crippen molar-refractivity contribution in [1.82, 2.24) is 0 Å². The minimum absolute atomic E-state index is 0.418. The Kier molecular flexibility index (Phi) is 8.29. The lowest BCUT2D eigenvalue weighted by Gasteiger charge is -2.11. The van der Waals surface area contributed by atoms with Gasteiger partial charge in [0.25, 0.3) is 0 Å². The lowest BCUT2D eigenvalue weighted by atomic mass is 10.0. The van der Waals surface area contributed by atoms with E-state index in [2.05, 4.69) is 15.9 Å². The number of nitrogens with two attached hydrogens (primary N) is 2. The van der Waals surface area contributed by atoms with Crippen LogP contribution in [0.15, 0.2) is 16.6 Å². The molecule has 0 atom stereocenters. The number of carbonyl (C=O) groups is 1. The van der Waals surface area contributed by atoms with Gasteiger partial charge in [-0.25, -0.2) is 0 Å². The standard InChI is InChI=1S/C14H21BrN2O4/c1-19-4-5-21-7-6-20-3-2-11-12(14(17)18)8-10(15)9-13(11)16/h8-9H,2-7,16H2,1H3,(H2,17,18). The summed E-state index contributed by atoms with van der Waals surface area (Å²) in [6.07, 6.45) is 0.523. The van der Waals surface area contributed by atoms with Crippen molar-refractivity contribution in [2.75, 3.05) is 45.9 Å². The molecule has 0 unspecified atom stereocenters. The van der Waals surface area contributed by atoms with Crippen LogP contribution in [0.4, 0.5) is 5.69 Å². The van der Waals surface area contributed by atoms with E-state index in [1.165, 1.54) is 0 Å². The summed E-state index contributed by atoms with van der Waals surface area (Å²) in [5, 5.41) is 0. The molecule has 6 nitrogen and oxygen atoms in total. The van der Waals surface area contributed by atoms with Gasteiger partial charge in [-0.1, -0.05) is 15.9 Å². The summed E-state index contributed by atoms with van der Waals surface area (Å²) < 4.78 is 16.3. The van der Waals surface area contributed by atoms with Gasteiger partial charge in [-0.3, -0.25) is 4.79 Å². The van der Waals surface area contributed by atoms with E-state index in [1.807, 2.05) is 0 Å². The van der Waals surface area contributed by atoms with Crippen molar-refractivity contribution >= 4 is 27.5 Å². The van der Waals surface area contributed by atoms with Gasteiger partial charge in [0.1, 0.15) is 0 Å². The Morgan fingerprint density at radius 3 is 2.38 bits per heavy atom. The third-order valence-electron chi connectivity index (χ3n) is 2.81. The molecule has 0 aliphatic heterocycles. The number of methoxy groups -OCH3 is 1. The second-order valence-corrected chi connectivity index (χ2v) is 5.27. The molecule has 118 valence electrons. The van der Waals surface area contributed by atoms with Crippen LogP contribution in [0.1, 0.15) is 15.9 Å². The quantitative estimate of drug-likeness (QED) is 0.484. The SMILES string of the molecule is COCCOCCOCCc1c(N)cc(Br)cc1C(N)=O. The van der Waals surface area contributed by atoms with Crippen LogP contribution in [0, 0.1) is 0 Å². The lowest BCUT2D eigenvalue weighted by molar-refractivity contribution is 0.0255.